The number of carbonyl (C=O) groups excluding carboxylic acids is 2. The van der Waals surface area contributed by atoms with Crippen molar-refractivity contribution in [3.63, 3.8) is 0 Å². The van der Waals surface area contributed by atoms with Crippen LogP contribution in [0.1, 0.15) is 39.7 Å². The summed E-state index contributed by atoms with van der Waals surface area (Å²) in [6, 6.07) is 20.8. The third-order valence-corrected chi connectivity index (χ3v) is 8.57. The van der Waals surface area contributed by atoms with Gasteiger partial charge in [0.25, 0.3) is 10.0 Å². The van der Waals surface area contributed by atoms with Gasteiger partial charge in [-0.05, 0) is 67.3 Å². The highest BCUT2D eigenvalue weighted by Gasteiger charge is 2.34. The Morgan fingerprint density at radius 3 is 2.15 bits per heavy atom. The summed E-state index contributed by atoms with van der Waals surface area (Å²) in [5.74, 6) is -0.0769. The van der Waals surface area contributed by atoms with Crippen molar-refractivity contribution >= 4 is 39.1 Å². The highest BCUT2D eigenvalue weighted by Crippen LogP contribution is 2.26. The van der Waals surface area contributed by atoms with E-state index in [1.807, 2.05) is 27.7 Å². The second-order valence-electron chi connectivity index (χ2n) is 9.93. The van der Waals surface area contributed by atoms with Crippen molar-refractivity contribution in [3.05, 3.63) is 89.4 Å². The lowest BCUT2D eigenvalue weighted by atomic mass is 10.1. The lowest BCUT2D eigenvalue weighted by molar-refractivity contribution is -0.140. The SMILES string of the molecule is CCOc1ccc(S(=O)(=O)N(CC(=O)N(Cc2ccccc2Cl)[C@H](CC)C(=O)NCC(C)C)c2ccccc2)cc1. The summed E-state index contributed by atoms with van der Waals surface area (Å²) in [6.45, 7) is 8.05. The van der Waals surface area contributed by atoms with Crippen LogP contribution in [0.4, 0.5) is 5.69 Å². The molecule has 10 heteroatoms. The maximum Gasteiger partial charge on any atom is 0.264 e. The molecule has 0 radical (unpaired) electrons. The van der Waals surface area contributed by atoms with E-state index in [0.29, 0.717) is 41.6 Å². The third-order valence-electron chi connectivity index (χ3n) is 6.41. The van der Waals surface area contributed by atoms with Crippen LogP contribution in [0.3, 0.4) is 0 Å². The molecule has 3 aromatic carbocycles. The predicted molar refractivity (Wildman–Crippen MR) is 163 cm³/mol. The number of amides is 2. The molecule has 2 amide bonds. The number of nitrogens with zero attached hydrogens (tertiary/aromatic N) is 2. The molecule has 0 bridgehead atoms. The minimum Gasteiger partial charge on any atom is -0.494 e. The van der Waals surface area contributed by atoms with Gasteiger partial charge in [0.15, 0.2) is 0 Å². The van der Waals surface area contributed by atoms with E-state index in [4.69, 9.17) is 16.3 Å². The molecule has 0 heterocycles. The number of ether oxygens (including phenoxy) is 1. The first-order valence-corrected chi connectivity index (χ1v) is 15.5. The Balaban J connectivity index is 2.02. The number of carbonyl (C=O) groups is 2. The van der Waals surface area contributed by atoms with E-state index in [1.165, 1.54) is 17.0 Å². The molecule has 0 aliphatic heterocycles. The Labute approximate surface area is 248 Å². The standard InChI is InChI=1S/C31H38ClN3O5S/c1-5-29(31(37)33-20-23(3)4)34(21-24-12-10-11-15-28(24)32)30(36)22-35(25-13-8-7-9-14-25)41(38,39)27-18-16-26(17-19-27)40-6-2/h7-19,23,29H,5-6,20-22H2,1-4H3,(H,33,37)/t29-/m1/s1. The quantitative estimate of drug-likeness (QED) is 0.263. The summed E-state index contributed by atoms with van der Waals surface area (Å²) in [4.78, 5) is 28.8. The molecule has 0 saturated carbocycles. The van der Waals surface area contributed by atoms with Gasteiger partial charge < -0.3 is 15.0 Å². The summed E-state index contributed by atoms with van der Waals surface area (Å²) < 4.78 is 34.4. The number of halogens is 1. The molecule has 8 nitrogen and oxygen atoms in total. The van der Waals surface area contributed by atoms with Crippen LogP contribution in [0.15, 0.2) is 83.8 Å². The van der Waals surface area contributed by atoms with Crippen LogP contribution in [0, 0.1) is 5.92 Å². The van der Waals surface area contributed by atoms with Gasteiger partial charge in [-0.25, -0.2) is 8.42 Å². The number of para-hydroxylation sites is 1. The minimum absolute atomic E-state index is 0.0111. The third kappa shape index (κ3) is 8.47. The van der Waals surface area contributed by atoms with Crippen molar-refractivity contribution in [1.29, 1.82) is 0 Å². The number of hydrogen-bond donors (Lipinski definition) is 1. The normalized spacial score (nSPS) is 12.0. The minimum atomic E-state index is -4.17. The summed E-state index contributed by atoms with van der Waals surface area (Å²) in [6.07, 6.45) is 0.330. The molecule has 0 saturated heterocycles. The molecule has 0 aliphatic rings. The summed E-state index contributed by atoms with van der Waals surface area (Å²) in [5, 5.41) is 3.36. The number of anilines is 1. The molecule has 0 spiro atoms. The smallest absolute Gasteiger partial charge is 0.264 e. The van der Waals surface area contributed by atoms with Gasteiger partial charge >= 0.3 is 0 Å². The fourth-order valence-electron chi connectivity index (χ4n) is 4.28. The lowest BCUT2D eigenvalue weighted by Crippen LogP contribution is -2.52. The number of nitrogens with one attached hydrogen (secondary N) is 1. The summed E-state index contributed by atoms with van der Waals surface area (Å²) in [5.41, 5.74) is 0.975. The average Bonchev–Trinajstić information content (AvgIpc) is 2.96. The molecular formula is C31H38ClN3O5S. The van der Waals surface area contributed by atoms with Crippen molar-refractivity contribution in [2.24, 2.45) is 5.92 Å². The van der Waals surface area contributed by atoms with Gasteiger partial charge in [0, 0.05) is 18.1 Å². The number of sulfonamides is 1. The Bertz CT molecular complexity index is 1400. The Kier molecular flexibility index (Phi) is 11.6. The number of benzene rings is 3. The van der Waals surface area contributed by atoms with Gasteiger partial charge in [-0.3, -0.25) is 13.9 Å². The highest BCUT2D eigenvalue weighted by molar-refractivity contribution is 7.92. The first-order valence-electron chi connectivity index (χ1n) is 13.7. The molecule has 1 atom stereocenters. The van der Waals surface area contributed by atoms with Gasteiger partial charge in [0.2, 0.25) is 11.8 Å². The van der Waals surface area contributed by atoms with E-state index < -0.39 is 28.5 Å². The molecular weight excluding hydrogens is 562 g/mol. The second kappa shape index (κ2) is 14.9. The van der Waals surface area contributed by atoms with Gasteiger partial charge in [0.05, 0.1) is 17.2 Å². The summed E-state index contributed by atoms with van der Waals surface area (Å²) in [7, 11) is -4.17. The van der Waals surface area contributed by atoms with Crippen molar-refractivity contribution in [2.45, 2.75) is 51.6 Å². The topological polar surface area (TPSA) is 96.0 Å². The van der Waals surface area contributed by atoms with Crippen LogP contribution < -0.4 is 14.4 Å². The molecule has 0 aliphatic carbocycles. The van der Waals surface area contributed by atoms with Crippen LogP contribution in [0.25, 0.3) is 0 Å². The van der Waals surface area contributed by atoms with Gasteiger partial charge in [-0.15, -0.1) is 0 Å². The maximum absolute atomic E-state index is 14.1. The summed E-state index contributed by atoms with van der Waals surface area (Å²) >= 11 is 6.44. The van der Waals surface area contributed by atoms with Gasteiger partial charge in [0.1, 0.15) is 18.3 Å². The first-order chi connectivity index (χ1) is 19.6. The molecule has 3 aromatic rings. The van der Waals surface area contributed by atoms with Crippen LogP contribution in [-0.2, 0) is 26.2 Å². The van der Waals surface area contributed by atoms with E-state index in [-0.39, 0.29) is 23.3 Å². The molecule has 0 unspecified atom stereocenters. The van der Waals surface area contributed by atoms with Crippen molar-refractivity contribution in [2.75, 3.05) is 24.0 Å². The highest BCUT2D eigenvalue weighted by atomic mass is 35.5. The van der Waals surface area contributed by atoms with E-state index >= 15 is 0 Å². The zero-order valence-corrected chi connectivity index (χ0v) is 25.5. The van der Waals surface area contributed by atoms with Crippen LogP contribution in [0.5, 0.6) is 5.75 Å². The van der Waals surface area contributed by atoms with Crippen LogP contribution in [-0.4, -0.2) is 50.9 Å². The Morgan fingerprint density at radius 2 is 1.56 bits per heavy atom. The van der Waals surface area contributed by atoms with Crippen molar-refractivity contribution in [3.8, 4) is 5.75 Å². The van der Waals surface area contributed by atoms with Gasteiger partial charge in [-0.2, -0.15) is 0 Å². The van der Waals surface area contributed by atoms with Crippen molar-refractivity contribution < 1.29 is 22.7 Å². The molecule has 0 aromatic heterocycles. The fraction of sp³-hybridized carbons (Fsp3) is 0.355. The van der Waals surface area contributed by atoms with Crippen LogP contribution in [0.2, 0.25) is 5.02 Å². The van der Waals surface area contributed by atoms with E-state index in [1.54, 1.807) is 66.7 Å². The van der Waals surface area contributed by atoms with E-state index in [9.17, 15) is 18.0 Å². The zero-order chi connectivity index (χ0) is 30.0. The maximum atomic E-state index is 14.1. The average molecular weight is 600 g/mol. The molecule has 41 heavy (non-hydrogen) atoms. The van der Waals surface area contributed by atoms with Crippen molar-refractivity contribution in [1.82, 2.24) is 10.2 Å². The second-order valence-corrected chi connectivity index (χ2v) is 12.2. The number of rotatable bonds is 14. The lowest BCUT2D eigenvalue weighted by Gasteiger charge is -2.33. The molecule has 3 rings (SSSR count). The van der Waals surface area contributed by atoms with E-state index in [0.717, 1.165) is 4.31 Å². The van der Waals surface area contributed by atoms with E-state index in [2.05, 4.69) is 5.32 Å². The molecule has 220 valence electrons. The Morgan fingerprint density at radius 1 is 0.927 bits per heavy atom. The molecule has 0 fully saturated rings. The van der Waals surface area contributed by atoms with Crippen LogP contribution >= 0.6 is 11.6 Å². The van der Waals surface area contributed by atoms with Gasteiger partial charge in [-0.1, -0.05) is 68.8 Å². The first kappa shape index (κ1) is 32.0. The largest absolute Gasteiger partial charge is 0.494 e. The molecule has 1 N–H and O–H groups in total. The monoisotopic (exact) mass is 599 g/mol. The number of hydrogen-bond acceptors (Lipinski definition) is 5. The zero-order valence-electron chi connectivity index (χ0n) is 23.9. The predicted octanol–water partition coefficient (Wildman–Crippen LogP) is 5.51. The fourth-order valence-corrected chi connectivity index (χ4v) is 5.89. The Hall–Kier alpha value is -3.56.